The quantitative estimate of drug-likeness (QED) is 0.567. The third kappa shape index (κ3) is 4.96. The minimum atomic E-state index is -0.258. The fourth-order valence-electron chi connectivity index (χ4n) is 4.03. The van der Waals surface area contributed by atoms with E-state index in [4.69, 9.17) is 4.74 Å². The lowest BCUT2D eigenvalue weighted by molar-refractivity contribution is -0.132. The SMILES string of the molecule is C=Nc1cccc(N[C@H]2CCN(CC(=O)N3CCC[C@H]3C#N)C2)c1/C=C(\C)OC. The number of hydrogen-bond acceptors (Lipinski definition) is 6. The third-order valence-electron chi connectivity index (χ3n) is 5.64. The van der Waals surface area contributed by atoms with Gasteiger partial charge in [-0.25, -0.2) is 0 Å². The maximum atomic E-state index is 12.6. The minimum absolute atomic E-state index is 0.0619. The third-order valence-corrected chi connectivity index (χ3v) is 5.64. The van der Waals surface area contributed by atoms with Gasteiger partial charge in [0.15, 0.2) is 0 Å². The van der Waals surface area contributed by atoms with Crippen molar-refractivity contribution in [3.05, 3.63) is 29.5 Å². The Kier molecular flexibility index (Phi) is 6.89. The number of nitrogens with zero attached hydrogens (tertiary/aromatic N) is 4. The minimum Gasteiger partial charge on any atom is -0.501 e. The summed E-state index contributed by atoms with van der Waals surface area (Å²) in [6, 6.07) is 8.13. The Hall–Kier alpha value is -2.85. The number of likely N-dealkylation sites (tertiary alicyclic amines) is 2. The lowest BCUT2D eigenvalue weighted by atomic mass is 10.1. The molecule has 1 N–H and O–H groups in total. The summed E-state index contributed by atoms with van der Waals surface area (Å²) in [5.41, 5.74) is 2.73. The molecule has 1 amide bonds. The molecule has 0 unspecified atom stereocenters. The molecule has 2 aliphatic rings. The summed E-state index contributed by atoms with van der Waals surface area (Å²) in [7, 11) is 1.64. The van der Waals surface area contributed by atoms with Crippen LogP contribution in [-0.4, -0.2) is 67.8 Å². The number of amides is 1. The first-order valence-corrected chi connectivity index (χ1v) is 10.1. The summed E-state index contributed by atoms with van der Waals surface area (Å²) in [6.07, 6.45) is 4.61. The summed E-state index contributed by atoms with van der Waals surface area (Å²) in [5.74, 6) is 0.854. The van der Waals surface area contributed by atoms with Crippen molar-refractivity contribution in [2.24, 2.45) is 4.99 Å². The topological polar surface area (TPSA) is 81.0 Å². The number of nitrogens with one attached hydrogen (secondary N) is 1. The van der Waals surface area contributed by atoms with E-state index in [2.05, 4.69) is 28.0 Å². The lowest BCUT2D eigenvalue weighted by Crippen LogP contribution is -2.42. The first-order chi connectivity index (χ1) is 14.0. The molecule has 0 bridgehead atoms. The monoisotopic (exact) mass is 395 g/mol. The second-order valence-electron chi connectivity index (χ2n) is 7.59. The number of anilines is 1. The van der Waals surface area contributed by atoms with E-state index in [1.54, 1.807) is 12.0 Å². The Morgan fingerprint density at radius 1 is 1.45 bits per heavy atom. The predicted molar refractivity (Wildman–Crippen MR) is 115 cm³/mol. The van der Waals surface area contributed by atoms with Crippen LogP contribution in [0.15, 0.2) is 29.0 Å². The van der Waals surface area contributed by atoms with E-state index in [1.807, 2.05) is 31.2 Å². The molecule has 154 valence electrons. The smallest absolute Gasteiger partial charge is 0.237 e. The van der Waals surface area contributed by atoms with Gasteiger partial charge in [0.2, 0.25) is 5.91 Å². The van der Waals surface area contributed by atoms with Crippen molar-refractivity contribution in [1.29, 1.82) is 5.26 Å². The highest BCUT2D eigenvalue weighted by Gasteiger charge is 2.31. The summed E-state index contributed by atoms with van der Waals surface area (Å²) >= 11 is 0. The first kappa shape index (κ1) is 20.9. The van der Waals surface area contributed by atoms with Crippen molar-refractivity contribution in [3.63, 3.8) is 0 Å². The fourth-order valence-corrected chi connectivity index (χ4v) is 4.03. The summed E-state index contributed by atoms with van der Waals surface area (Å²) in [4.78, 5) is 20.6. The number of rotatable bonds is 7. The zero-order chi connectivity index (χ0) is 20.8. The molecular weight excluding hydrogens is 366 g/mol. The zero-order valence-corrected chi connectivity index (χ0v) is 17.2. The second kappa shape index (κ2) is 9.57. The number of nitriles is 1. The number of ether oxygens (including phenoxy) is 1. The average molecular weight is 396 g/mol. The molecule has 2 saturated heterocycles. The molecule has 0 saturated carbocycles. The van der Waals surface area contributed by atoms with Gasteiger partial charge in [-0.3, -0.25) is 14.7 Å². The Balaban J connectivity index is 1.64. The van der Waals surface area contributed by atoms with Gasteiger partial charge in [0.1, 0.15) is 6.04 Å². The molecule has 29 heavy (non-hydrogen) atoms. The van der Waals surface area contributed by atoms with Gasteiger partial charge in [-0.2, -0.15) is 5.26 Å². The molecule has 7 heteroatoms. The molecule has 1 aromatic carbocycles. The Bertz CT molecular complexity index is 829. The van der Waals surface area contributed by atoms with Crippen molar-refractivity contribution >= 4 is 30.1 Å². The van der Waals surface area contributed by atoms with E-state index in [-0.39, 0.29) is 18.0 Å². The Morgan fingerprint density at radius 3 is 3.00 bits per heavy atom. The number of hydrogen-bond donors (Lipinski definition) is 1. The molecule has 0 spiro atoms. The van der Waals surface area contributed by atoms with Crippen LogP contribution in [0.4, 0.5) is 11.4 Å². The van der Waals surface area contributed by atoms with Crippen LogP contribution in [0.5, 0.6) is 0 Å². The molecular formula is C22H29N5O2. The van der Waals surface area contributed by atoms with Crippen LogP contribution in [0.2, 0.25) is 0 Å². The van der Waals surface area contributed by atoms with Gasteiger partial charge < -0.3 is 15.0 Å². The molecule has 2 heterocycles. The molecule has 0 aliphatic carbocycles. The van der Waals surface area contributed by atoms with Crippen molar-refractivity contribution in [2.75, 3.05) is 38.6 Å². The number of carbonyl (C=O) groups excluding carboxylic acids is 1. The molecule has 2 atom stereocenters. The second-order valence-corrected chi connectivity index (χ2v) is 7.59. The summed E-state index contributed by atoms with van der Waals surface area (Å²) in [5, 5.41) is 12.8. The Labute approximate surface area is 172 Å². The number of methoxy groups -OCH3 is 1. The van der Waals surface area contributed by atoms with Crippen LogP contribution < -0.4 is 5.32 Å². The van der Waals surface area contributed by atoms with E-state index < -0.39 is 0 Å². The van der Waals surface area contributed by atoms with Crippen molar-refractivity contribution in [1.82, 2.24) is 9.80 Å². The number of allylic oxidation sites excluding steroid dienone is 1. The highest BCUT2D eigenvalue weighted by atomic mass is 16.5. The van der Waals surface area contributed by atoms with Crippen LogP contribution in [0.1, 0.15) is 31.7 Å². The summed E-state index contributed by atoms with van der Waals surface area (Å²) in [6.45, 7) is 8.29. The maximum absolute atomic E-state index is 12.6. The largest absolute Gasteiger partial charge is 0.501 e. The fraction of sp³-hybridized carbons (Fsp3) is 0.500. The molecule has 0 radical (unpaired) electrons. The van der Waals surface area contributed by atoms with E-state index in [9.17, 15) is 10.1 Å². The number of carbonyl (C=O) groups is 1. The number of benzene rings is 1. The van der Waals surface area contributed by atoms with Crippen molar-refractivity contribution in [3.8, 4) is 6.07 Å². The van der Waals surface area contributed by atoms with Crippen LogP contribution in [-0.2, 0) is 9.53 Å². The van der Waals surface area contributed by atoms with Gasteiger partial charge in [-0.1, -0.05) is 6.07 Å². The molecule has 7 nitrogen and oxygen atoms in total. The van der Waals surface area contributed by atoms with Gasteiger partial charge >= 0.3 is 0 Å². The number of aliphatic imine (C=N–C) groups is 1. The first-order valence-electron chi connectivity index (χ1n) is 10.1. The van der Waals surface area contributed by atoms with E-state index in [1.165, 1.54) is 0 Å². The molecule has 0 aromatic heterocycles. The average Bonchev–Trinajstić information content (AvgIpc) is 3.38. The summed E-state index contributed by atoms with van der Waals surface area (Å²) < 4.78 is 5.30. The maximum Gasteiger partial charge on any atom is 0.237 e. The molecule has 2 aliphatic heterocycles. The Morgan fingerprint density at radius 2 is 2.28 bits per heavy atom. The van der Waals surface area contributed by atoms with E-state index >= 15 is 0 Å². The van der Waals surface area contributed by atoms with Crippen LogP contribution in [0.3, 0.4) is 0 Å². The van der Waals surface area contributed by atoms with Gasteiger partial charge in [0, 0.05) is 36.9 Å². The zero-order valence-electron chi connectivity index (χ0n) is 17.2. The van der Waals surface area contributed by atoms with E-state index in [0.29, 0.717) is 13.1 Å². The highest BCUT2D eigenvalue weighted by Crippen LogP contribution is 2.30. The van der Waals surface area contributed by atoms with Crippen molar-refractivity contribution in [2.45, 2.75) is 38.3 Å². The van der Waals surface area contributed by atoms with Gasteiger partial charge in [-0.15, -0.1) is 0 Å². The van der Waals surface area contributed by atoms with Crippen LogP contribution in [0, 0.1) is 11.3 Å². The van der Waals surface area contributed by atoms with Crippen molar-refractivity contribution < 1.29 is 9.53 Å². The van der Waals surface area contributed by atoms with Crippen LogP contribution >= 0.6 is 0 Å². The predicted octanol–water partition coefficient (Wildman–Crippen LogP) is 3.03. The van der Waals surface area contributed by atoms with Gasteiger partial charge in [0.25, 0.3) is 0 Å². The molecule has 2 fully saturated rings. The van der Waals surface area contributed by atoms with E-state index in [0.717, 1.165) is 55.0 Å². The highest BCUT2D eigenvalue weighted by molar-refractivity contribution is 5.80. The van der Waals surface area contributed by atoms with Gasteiger partial charge in [-0.05, 0) is 51.1 Å². The molecule has 3 rings (SSSR count). The standard InChI is InChI=1S/C22H29N5O2/c1-16(29-3)12-19-20(24-2)7-4-8-21(19)25-17-9-11-26(14-17)15-22(28)27-10-5-6-18(27)13-23/h4,7-8,12,17-18,25H,2,5-6,9-11,14-15H2,1,3H3/b16-12+/t17-,18-/m0/s1. The molecule has 1 aromatic rings. The van der Waals surface area contributed by atoms with Crippen LogP contribution in [0.25, 0.3) is 6.08 Å². The lowest BCUT2D eigenvalue weighted by Gasteiger charge is -2.23. The van der Waals surface area contributed by atoms with Gasteiger partial charge in [0.05, 0.1) is 31.2 Å². The normalized spacial score (nSPS) is 22.4.